The quantitative estimate of drug-likeness (QED) is 0.740. The molecule has 0 aliphatic rings. The first-order chi connectivity index (χ1) is 7.20. The smallest absolute Gasteiger partial charge is 0.211 e. The van der Waals surface area contributed by atoms with E-state index < -0.39 is 0 Å². The van der Waals surface area contributed by atoms with E-state index in [1.165, 1.54) is 16.5 Å². The highest BCUT2D eigenvalue weighted by Crippen LogP contribution is 2.22. The molecule has 0 aliphatic carbocycles. The summed E-state index contributed by atoms with van der Waals surface area (Å²) in [4.78, 5) is 10.3. The molecule has 0 aliphatic heterocycles. The summed E-state index contributed by atoms with van der Waals surface area (Å²) in [5, 5.41) is 5.01. The Bertz CT molecular complexity index is 517. The van der Waals surface area contributed by atoms with Crippen molar-refractivity contribution < 1.29 is 4.79 Å². The molecule has 2 nitrogen and oxygen atoms in total. The molecule has 2 aromatic rings. The Hall–Kier alpha value is -1.83. The number of aryl methyl sites for hydroxylation is 2. The summed E-state index contributed by atoms with van der Waals surface area (Å²) in [6, 6.07) is 10.2. The van der Waals surface area contributed by atoms with Crippen molar-refractivity contribution in [1.82, 2.24) is 0 Å². The first-order valence-corrected chi connectivity index (χ1v) is 4.92. The largest absolute Gasteiger partial charge is 0.329 e. The fraction of sp³-hybridized carbons (Fsp3) is 0.154. The van der Waals surface area contributed by atoms with Gasteiger partial charge in [-0.25, -0.2) is 0 Å². The third-order valence-corrected chi connectivity index (χ3v) is 2.68. The lowest BCUT2D eigenvalue weighted by atomic mass is 10.0. The van der Waals surface area contributed by atoms with E-state index in [2.05, 4.69) is 31.3 Å². The molecule has 0 bridgehead atoms. The fourth-order valence-corrected chi connectivity index (χ4v) is 1.68. The molecule has 0 unspecified atom stereocenters. The second-order valence-corrected chi connectivity index (χ2v) is 3.76. The number of carbonyl (C=O) groups excluding carboxylic acids is 1. The summed E-state index contributed by atoms with van der Waals surface area (Å²) in [6.07, 6.45) is 0.697. The first-order valence-electron chi connectivity index (χ1n) is 4.92. The summed E-state index contributed by atoms with van der Waals surface area (Å²) in [7, 11) is 0. The maximum Gasteiger partial charge on any atom is 0.211 e. The zero-order valence-electron chi connectivity index (χ0n) is 8.87. The molecular formula is C13H13NO. The van der Waals surface area contributed by atoms with Crippen LogP contribution in [-0.2, 0) is 4.79 Å². The van der Waals surface area contributed by atoms with Crippen LogP contribution in [0.3, 0.4) is 0 Å². The standard InChI is InChI=1S/C13H13NO/c1-9-5-11-3-4-13(14-8-15)7-12(11)6-10(9)2/h3-8H,1-2H3,(H,14,15). The van der Waals surface area contributed by atoms with Crippen LogP contribution in [0.15, 0.2) is 30.3 Å². The molecule has 2 heteroatoms. The monoisotopic (exact) mass is 199 g/mol. The molecule has 0 aromatic heterocycles. The maximum atomic E-state index is 10.3. The molecule has 0 radical (unpaired) electrons. The van der Waals surface area contributed by atoms with Gasteiger partial charge in [-0.3, -0.25) is 4.79 Å². The van der Waals surface area contributed by atoms with Crippen molar-refractivity contribution in [2.75, 3.05) is 5.32 Å². The molecule has 1 amide bonds. The normalized spacial score (nSPS) is 10.3. The van der Waals surface area contributed by atoms with Gasteiger partial charge in [0.05, 0.1) is 0 Å². The van der Waals surface area contributed by atoms with Crippen molar-refractivity contribution in [3.05, 3.63) is 41.5 Å². The number of hydrogen-bond acceptors (Lipinski definition) is 1. The van der Waals surface area contributed by atoms with Gasteiger partial charge in [0.15, 0.2) is 0 Å². The lowest BCUT2D eigenvalue weighted by Crippen LogP contribution is -1.93. The average molecular weight is 199 g/mol. The lowest BCUT2D eigenvalue weighted by Gasteiger charge is -2.05. The number of amides is 1. The van der Waals surface area contributed by atoms with Gasteiger partial charge >= 0.3 is 0 Å². The van der Waals surface area contributed by atoms with Gasteiger partial charge in [0.25, 0.3) is 0 Å². The zero-order valence-corrected chi connectivity index (χ0v) is 8.87. The Balaban J connectivity index is 2.61. The van der Waals surface area contributed by atoms with Crippen LogP contribution in [0, 0.1) is 13.8 Å². The van der Waals surface area contributed by atoms with Gasteiger partial charge in [-0.05, 0) is 47.9 Å². The van der Waals surface area contributed by atoms with Crippen LogP contribution in [-0.4, -0.2) is 6.41 Å². The topological polar surface area (TPSA) is 29.1 Å². The van der Waals surface area contributed by atoms with E-state index in [0.717, 1.165) is 11.1 Å². The highest BCUT2D eigenvalue weighted by Gasteiger charge is 1.99. The number of fused-ring (bicyclic) bond motifs is 1. The van der Waals surface area contributed by atoms with Crippen molar-refractivity contribution in [2.24, 2.45) is 0 Å². The van der Waals surface area contributed by atoms with Gasteiger partial charge in [-0.15, -0.1) is 0 Å². The molecule has 0 fully saturated rings. The number of rotatable bonds is 2. The summed E-state index contributed by atoms with van der Waals surface area (Å²) in [5.74, 6) is 0. The van der Waals surface area contributed by atoms with E-state index in [9.17, 15) is 4.79 Å². The van der Waals surface area contributed by atoms with Crippen LogP contribution in [0.1, 0.15) is 11.1 Å². The number of carbonyl (C=O) groups is 1. The minimum absolute atomic E-state index is 0.697. The average Bonchev–Trinajstić information content (AvgIpc) is 2.21. The molecule has 0 spiro atoms. The highest BCUT2D eigenvalue weighted by molar-refractivity contribution is 5.89. The molecule has 0 heterocycles. The Kier molecular flexibility index (Phi) is 2.42. The van der Waals surface area contributed by atoms with Gasteiger partial charge in [0.1, 0.15) is 0 Å². The van der Waals surface area contributed by atoms with Crippen molar-refractivity contribution in [1.29, 1.82) is 0 Å². The summed E-state index contributed by atoms with van der Waals surface area (Å²) < 4.78 is 0. The molecule has 2 rings (SSSR count). The number of hydrogen-bond donors (Lipinski definition) is 1. The molecule has 1 N–H and O–H groups in total. The zero-order chi connectivity index (χ0) is 10.8. The summed E-state index contributed by atoms with van der Waals surface area (Å²) >= 11 is 0. The van der Waals surface area contributed by atoms with Gasteiger partial charge in [-0.2, -0.15) is 0 Å². The van der Waals surface area contributed by atoms with Crippen LogP contribution in [0.25, 0.3) is 10.8 Å². The van der Waals surface area contributed by atoms with E-state index in [-0.39, 0.29) is 0 Å². The third-order valence-electron chi connectivity index (χ3n) is 2.68. The van der Waals surface area contributed by atoms with Crippen LogP contribution in [0.5, 0.6) is 0 Å². The third kappa shape index (κ3) is 1.84. The molecule has 0 atom stereocenters. The Labute approximate surface area is 88.9 Å². The SMILES string of the molecule is Cc1cc2ccc(NC=O)cc2cc1C. The minimum Gasteiger partial charge on any atom is -0.329 e. The first kappa shape index (κ1) is 9.71. The van der Waals surface area contributed by atoms with Crippen molar-refractivity contribution in [3.63, 3.8) is 0 Å². The summed E-state index contributed by atoms with van der Waals surface area (Å²) in [6.45, 7) is 4.20. The number of benzene rings is 2. The summed E-state index contributed by atoms with van der Waals surface area (Å²) in [5.41, 5.74) is 3.39. The molecule has 0 saturated carbocycles. The van der Waals surface area contributed by atoms with Crippen LogP contribution >= 0.6 is 0 Å². The Morgan fingerprint density at radius 1 is 1.00 bits per heavy atom. The van der Waals surface area contributed by atoms with E-state index >= 15 is 0 Å². The fourth-order valence-electron chi connectivity index (χ4n) is 1.68. The van der Waals surface area contributed by atoms with Gasteiger partial charge in [0, 0.05) is 5.69 Å². The van der Waals surface area contributed by atoms with Crippen LogP contribution in [0.2, 0.25) is 0 Å². The van der Waals surface area contributed by atoms with E-state index in [1.54, 1.807) is 0 Å². The van der Waals surface area contributed by atoms with Crippen LogP contribution in [0.4, 0.5) is 5.69 Å². The van der Waals surface area contributed by atoms with Gasteiger partial charge in [-0.1, -0.05) is 18.2 Å². The molecule has 2 aromatic carbocycles. The maximum absolute atomic E-state index is 10.3. The van der Waals surface area contributed by atoms with E-state index in [4.69, 9.17) is 0 Å². The van der Waals surface area contributed by atoms with Crippen molar-refractivity contribution >= 4 is 22.9 Å². The van der Waals surface area contributed by atoms with Crippen molar-refractivity contribution in [2.45, 2.75) is 13.8 Å². The second kappa shape index (κ2) is 3.73. The van der Waals surface area contributed by atoms with Gasteiger partial charge in [0.2, 0.25) is 6.41 Å². The predicted molar refractivity (Wildman–Crippen MR) is 63.1 cm³/mol. The van der Waals surface area contributed by atoms with E-state index in [0.29, 0.717) is 6.41 Å². The molecule has 15 heavy (non-hydrogen) atoms. The number of anilines is 1. The predicted octanol–water partition coefficient (Wildman–Crippen LogP) is 3.02. The minimum atomic E-state index is 0.697. The molecule has 76 valence electrons. The second-order valence-electron chi connectivity index (χ2n) is 3.76. The molecule has 0 saturated heterocycles. The Morgan fingerprint density at radius 3 is 2.33 bits per heavy atom. The Morgan fingerprint density at radius 2 is 1.67 bits per heavy atom. The number of nitrogens with one attached hydrogen (secondary N) is 1. The lowest BCUT2D eigenvalue weighted by molar-refractivity contribution is -0.105. The van der Waals surface area contributed by atoms with Gasteiger partial charge < -0.3 is 5.32 Å². The van der Waals surface area contributed by atoms with Crippen molar-refractivity contribution in [3.8, 4) is 0 Å². The van der Waals surface area contributed by atoms with Crippen LogP contribution < -0.4 is 5.32 Å². The molecular weight excluding hydrogens is 186 g/mol. The highest BCUT2D eigenvalue weighted by atomic mass is 16.1. The van der Waals surface area contributed by atoms with E-state index in [1.807, 2.05) is 18.2 Å².